The minimum absolute atomic E-state index is 0.186. The van der Waals surface area contributed by atoms with E-state index in [-0.39, 0.29) is 12.8 Å². The maximum Gasteiger partial charge on any atom is 0.326 e. The predicted octanol–water partition coefficient (Wildman–Crippen LogP) is 3.31. The van der Waals surface area contributed by atoms with Crippen LogP contribution in [0, 0.1) is 6.92 Å². The van der Waals surface area contributed by atoms with Gasteiger partial charge in [-0.25, -0.2) is 4.79 Å². The van der Waals surface area contributed by atoms with Gasteiger partial charge in [-0.3, -0.25) is 9.59 Å². The second-order valence-electron chi connectivity index (χ2n) is 7.10. The number of nitrogens with one attached hydrogen (secondary N) is 1. The molecule has 0 fully saturated rings. The molecule has 0 saturated heterocycles. The normalized spacial score (nSPS) is 12.1. The van der Waals surface area contributed by atoms with Gasteiger partial charge < -0.3 is 20.1 Å². The Bertz CT molecular complexity index is 927. The number of hydrogen-bond donors (Lipinski definition) is 3. The number of aryl methyl sites for hydroxylation is 1. The average Bonchev–Trinajstić information content (AvgIpc) is 2.90. The van der Waals surface area contributed by atoms with Gasteiger partial charge in [0.25, 0.3) is 5.91 Å². The number of carboxylic acids is 2. The molecule has 2 rings (SSSR count). The Labute approximate surface area is 163 Å². The summed E-state index contributed by atoms with van der Waals surface area (Å²) in [7, 11) is 0. The number of carbonyl (C=O) groups is 3. The van der Waals surface area contributed by atoms with Gasteiger partial charge in [0.2, 0.25) is 0 Å². The first-order valence-corrected chi connectivity index (χ1v) is 9.16. The summed E-state index contributed by atoms with van der Waals surface area (Å²) >= 11 is 0. The van der Waals surface area contributed by atoms with Crippen LogP contribution in [-0.2, 0) is 16.1 Å². The van der Waals surface area contributed by atoms with E-state index < -0.39 is 23.9 Å². The number of aromatic nitrogens is 1. The molecule has 150 valence electrons. The lowest BCUT2D eigenvalue weighted by atomic mass is 10.0. The number of nitrogens with zero attached hydrogens (tertiary/aromatic N) is 1. The highest BCUT2D eigenvalue weighted by Gasteiger charge is 2.26. The zero-order valence-electron chi connectivity index (χ0n) is 16.4. The van der Waals surface area contributed by atoms with Crippen molar-refractivity contribution in [1.29, 1.82) is 0 Å². The molecule has 0 aliphatic rings. The molecule has 1 aromatic carbocycles. The van der Waals surface area contributed by atoms with Gasteiger partial charge in [0.05, 0.1) is 0 Å². The first kappa shape index (κ1) is 21.2. The lowest BCUT2D eigenvalue weighted by Gasteiger charge is -2.15. The maximum atomic E-state index is 12.9. The van der Waals surface area contributed by atoms with Gasteiger partial charge in [-0.2, -0.15) is 0 Å². The third-order valence-corrected chi connectivity index (χ3v) is 4.78. The molecule has 3 N–H and O–H groups in total. The summed E-state index contributed by atoms with van der Waals surface area (Å²) in [5, 5.41) is 21.5. The maximum absolute atomic E-state index is 12.9. The second kappa shape index (κ2) is 8.73. The SMILES string of the molecule is C=CCn1c(C(=O)NC(CCC(=O)O)C(=O)O)c(C)c2cc(C(C)C)ccc21. The molecule has 1 aromatic heterocycles. The van der Waals surface area contributed by atoms with Crippen molar-refractivity contribution in [2.24, 2.45) is 0 Å². The number of carbonyl (C=O) groups excluding carboxylic acids is 1. The third kappa shape index (κ3) is 4.42. The Kier molecular flexibility index (Phi) is 6.62. The highest BCUT2D eigenvalue weighted by atomic mass is 16.4. The van der Waals surface area contributed by atoms with Crippen LogP contribution in [0.15, 0.2) is 30.9 Å². The molecule has 1 amide bonds. The summed E-state index contributed by atoms with van der Waals surface area (Å²) in [6, 6.07) is 4.74. The van der Waals surface area contributed by atoms with E-state index in [1.807, 2.05) is 25.1 Å². The van der Waals surface area contributed by atoms with Crippen molar-refractivity contribution < 1.29 is 24.6 Å². The van der Waals surface area contributed by atoms with Gasteiger partial charge in [0.15, 0.2) is 0 Å². The van der Waals surface area contributed by atoms with E-state index in [4.69, 9.17) is 5.11 Å². The fourth-order valence-electron chi connectivity index (χ4n) is 3.26. The van der Waals surface area contributed by atoms with E-state index >= 15 is 0 Å². The van der Waals surface area contributed by atoms with Gasteiger partial charge >= 0.3 is 11.9 Å². The summed E-state index contributed by atoms with van der Waals surface area (Å²) in [5.41, 5.74) is 3.11. The van der Waals surface area contributed by atoms with Gasteiger partial charge in [0.1, 0.15) is 11.7 Å². The van der Waals surface area contributed by atoms with Gasteiger partial charge in [-0.15, -0.1) is 6.58 Å². The zero-order valence-corrected chi connectivity index (χ0v) is 16.4. The molecule has 7 heteroatoms. The number of allylic oxidation sites excluding steroid dienone is 1. The highest BCUT2D eigenvalue weighted by molar-refractivity contribution is 6.03. The van der Waals surface area contributed by atoms with E-state index in [1.54, 1.807) is 10.6 Å². The number of carboxylic acid groups (broad SMARTS) is 2. The Hall–Kier alpha value is -3.09. The van der Waals surface area contributed by atoms with E-state index in [2.05, 4.69) is 25.7 Å². The number of aliphatic carboxylic acids is 2. The molecule has 0 bridgehead atoms. The summed E-state index contributed by atoms with van der Waals surface area (Å²) in [6.07, 6.45) is 1.14. The van der Waals surface area contributed by atoms with Crippen LogP contribution in [0.3, 0.4) is 0 Å². The van der Waals surface area contributed by atoms with Gasteiger partial charge in [0, 0.05) is 23.9 Å². The summed E-state index contributed by atoms with van der Waals surface area (Å²) in [4.78, 5) is 35.1. The zero-order chi connectivity index (χ0) is 21.0. The van der Waals surface area contributed by atoms with Crippen LogP contribution < -0.4 is 5.32 Å². The van der Waals surface area contributed by atoms with E-state index in [0.717, 1.165) is 22.0 Å². The second-order valence-corrected chi connectivity index (χ2v) is 7.10. The van der Waals surface area contributed by atoms with Crippen molar-refractivity contribution in [2.45, 2.75) is 52.1 Å². The minimum atomic E-state index is -1.27. The lowest BCUT2D eigenvalue weighted by molar-refractivity contribution is -0.140. The topological polar surface area (TPSA) is 109 Å². The largest absolute Gasteiger partial charge is 0.481 e. The third-order valence-electron chi connectivity index (χ3n) is 4.78. The molecule has 0 saturated carbocycles. The fourth-order valence-corrected chi connectivity index (χ4v) is 3.26. The average molecular weight is 386 g/mol. The Morgan fingerprint density at radius 2 is 1.93 bits per heavy atom. The van der Waals surface area contributed by atoms with E-state index in [9.17, 15) is 19.5 Å². The van der Waals surface area contributed by atoms with Crippen LogP contribution in [0.4, 0.5) is 0 Å². The van der Waals surface area contributed by atoms with Crippen LogP contribution in [0.2, 0.25) is 0 Å². The first-order chi connectivity index (χ1) is 13.2. The number of hydrogen-bond acceptors (Lipinski definition) is 3. The van der Waals surface area contributed by atoms with E-state index in [1.165, 1.54) is 0 Å². The van der Waals surface area contributed by atoms with E-state index in [0.29, 0.717) is 18.2 Å². The quantitative estimate of drug-likeness (QED) is 0.573. The molecule has 0 aliphatic heterocycles. The number of rotatable bonds is 9. The standard InChI is InChI=1S/C21H26N2O5/c1-5-10-23-17-8-6-14(12(2)3)11-15(17)13(4)19(23)20(26)22-16(21(27)28)7-9-18(24)25/h5-6,8,11-12,16H,1,7,9-10H2,2-4H3,(H,22,26)(H,24,25)(H,27,28). The predicted molar refractivity (Wildman–Crippen MR) is 107 cm³/mol. The molecule has 2 aromatic rings. The molecule has 7 nitrogen and oxygen atoms in total. The summed E-state index contributed by atoms with van der Waals surface area (Å²) in [5.74, 6) is -2.59. The first-order valence-electron chi connectivity index (χ1n) is 9.16. The molecule has 0 aliphatic carbocycles. The molecule has 0 spiro atoms. The Morgan fingerprint density at radius 1 is 1.25 bits per heavy atom. The summed E-state index contributed by atoms with van der Waals surface area (Å²) < 4.78 is 1.80. The smallest absolute Gasteiger partial charge is 0.326 e. The molecule has 0 radical (unpaired) electrons. The Morgan fingerprint density at radius 3 is 2.46 bits per heavy atom. The van der Waals surface area contributed by atoms with Crippen molar-refractivity contribution in [1.82, 2.24) is 9.88 Å². The molecule has 1 atom stereocenters. The molecular weight excluding hydrogens is 360 g/mol. The van der Waals surface area contributed by atoms with Crippen molar-refractivity contribution in [3.05, 3.63) is 47.7 Å². The fraction of sp³-hybridized carbons (Fsp3) is 0.381. The number of benzene rings is 1. The molecule has 1 unspecified atom stereocenters. The Balaban J connectivity index is 2.48. The molecule has 1 heterocycles. The van der Waals surface area contributed by atoms with Crippen molar-refractivity contribution in [3.8, 4) is 0 Å². The molecular formula is C21H26N2O5. The van der Waals surface area contributed by atoms with Crippen LogP contribution in [-0.4, -0.2) is 38.7 Å². The number of amides is 1. The van der Waals surface area contributed by atoms with Gasteiger partial charge in [-0.1, -0.05) is 26.0 Å². The van der Waals surface area contributed by atoms with Crippen LogP contribution >= 0.6 is 0 Å². The van der Waals surface area contributed by atoms with Crippen LogP contribution in [0.25, 0.3) is 10.9 Å². The lowest BCUT2D eigenvalue weighted by Crippen LogP contribution is -2.42. The molecule has 28 heavy (non-hydrogen) atoms. The summed E-state index contributed by atoms with van der Waals surface area (Å²) in [6.45, 7) is 10.1. The van der Waals surface area contributed by atoms with Crippen molar-refractivity contribution in [2.75, 3.05) is 0 Å². The minimum Gasteiger partial charge on any atom is -0.481 e. The monoisotopic (exact) mass is 386 g/mol. The number of fused-ring (bicyclic) bond motifs is 1. The van der Waals surface area contributed by atoms with Crippen LogP contribution in [0.1, 0.15) is 54.2 Å². The van der Waals surface area contributed by atoms with Crippen molar-refractivity contribution >= 4 is 28.7 Å². The van der Waals surface area contributed by atoms with Crippen molar-refractivity contribution in [3.63, 3.8) is 0 Å². The van der Waals surface area contributed by atoms with Gasteiger partial charge in [-0.05, 0) is 42.5 Å². The highest BCUT2D eigenvalue weighted by Crippen LogP contribution is 2.29. The van der Waals surface area contributed by atoms with Crippen LogP contribution in [0.5, 0.6) is 0 Å².